The van der Waals surface area contributed by atoms with Gasteiger partial charge in [-0.05, 0) is 24.6 Å². The third-order valence-corrected chi connectivity index (χ3v) is 3.08. The summed E-state index contributed by atoms with van der Waals surface area (Å²) < 4.78 is 40.9. The fraction of sp³-hybridized carbons (Fsp3) is 0.286. The van der Waals surface area contributed by atoms with Gasteiger partial charge >= 0.3 is 18.2 Å². The normalized spacial score (nSPS) is 18.3. The molecule has 0 saturated carbocycles. The fourth-order valence-corrected chi connectivity index (χ4v) is 2.11. The lowest BCUT2D eigenvalue weighted by Gasteiger charge is -2.28. The van der Waals surface area contributed by atoms with E-state index in [0.717, 1.165) is 0 Å². The monoisotopic (exact) mass is 330 g/mol. The molecule has 3 N–H and O–H groups in total. The molecule has 0 aromatic heterocycles. The number of carbonyl (C=O) groups excluding carboxylic acids is 2. The Bertz CT molecular complexity index is 653. The van der Waals surface area contributed by atoms with Crippen molar-refractivity contribution in [1.29, 1.82) is 0 Å². The fourth-order valence-electron chi connectivity index (χ4n) is 2.11. The molecular formula is C14H13F3N2O4. The van der Waals surface area contributed by atoms with Crippen LogP contribution in [0.2, 0.25) is 0 Å². The van der Waals surface area contributed by atoms with Crippen molar-refractivity contribution in [1.82, 2.24) is 10.6 Å². The summed E-state index contributed by atoms with van der Waals surface area (Å²) in [5.74, 6) is -1.22. The van der Waals surface area contributed by atoms with Gasteiger partial charge in [0.05, 0.1) is 11.6 Å². The molecule has 0 saturated heterocycles. The zero-order valence-electron chi connectivity index (χ0n) is 11.9. The smallest absolute Gasteiger partial charge is 0.422 e. The second kappa shape index (κ2) is 6.19. The van der Waals surface area contributed by atoms with E-state index < -0.39 is 30.8 Å². The maximum Gasteiger partial charge on any atom is 0.422 e. The molecule has 0 unspecified atom stereocenters. The number of hydrogen-bond acceptors (Lipinski definition) is 4. The summed E-state index contributed by atoms with van der Waals surface area (Å²) in [6.07, 6.45) is -4.65. The molecule has 0 spiro atoms. The molecule has 1 aromatic rings. The van der Waals surface area contributed by atoms with E-state index in [0.29, 0.717) is 5.56 Å². The van der Waals surface area contributed by atoms with E-state index in [4.69, 9.17) is 0 Å². The van der Waals surface area contributed by atoms with Gasteiger partial charge in [-0.1, -0.05) is 12.1 Å². The highest BCUT2D eigenvalue weighted by atomic mass is 19.4. The minimum absolute atomic E-state index is 0.0316. The summed E-state index contributed by atoms with van der Waals surface area (Å²) in [6.45, 7) is -0.338. The quantitative estimate of drug-likeness (QED) is 0.741. The van der Waals surface area contributed by atoms with Crippen molar-refractivity contribution in [2.24, 2.45) is 0 Å². The van der Waals surface area contributed by atoms with E-state index in [2.05, 4.69) is 15.4 Å². The number of aromatic hydroxyl groups is 1. The molecule has 0 radical (unpaired) electrons. The summed E-state index contributed by atoms with van der Waals surface area (Å²) in [5.41, 5.74) is 0.370. The molecule has 9 heteroatoms. The Balaban J connectivity index is 2.31. The Morgan fingerprint density at radius 1 is 1.30 bits per heavy atom. The number of allylic oxidation sites excluding steroid dienone is 1. The van der Waals surface area contributed by atoms with Crippen LogP contribution in [-0.2, 0) is 9.53 Å². The Morgan fingerprint density at radius 2 is 1.91 bits per heavy atom. The summed E-state index contributed by atoms with van der Waals surface area (Å²) in [6, 6.07) is 3.96. The van der Waals surface area contributed by atoms with Crippen molar-refractivity contribution < 1.29 is 32.6 Å². The van der Waals surface area contributed by atoms with Crippen LogP contribution in [0.4, 0.5) is 18.0 Å². The third kappa shape index (κ3) is 4.15. The number of rotatable bonds is 3. The van der Waals surface area contributed by atoms with Crippen LogP contribution in [0, 0.1) is 0 Å². The molecule has 1 aliphatic rings. The first-order valence-electron chi connectivity index (χ1n) is 6.48. The number of carbonyl (C=O) groups is 2. The van der Waals surface area contributed by atoms with Gasteiger partial charge in [0, 0.05) is 5.70 Å². The molecule has 0 aliphatic carbocycles. The van der Waals surface area contributed by atoms with Crippen molar-refractivity contribution in [3.63, 3.8) is 0 Å². The molecule has 1 aliphatic heterocycles. The van der Waals surface area contributed by atoms with Crippen LogP contribution < -0.4 is 10.6 Å². The molecule has 124 valence electrons. The van der Waals surface area contributed by atoms with Crippen LogP contribution in [0.15, 0.2) is 35.5 Å². The van der Waals surface area contributed by atoms with Gasteiger partial charge in [-0.25, -0.2) is 9.59 Å². The van der Waals surface area contributed by atoms with Crippen molar-refractivity contribution in [2.45, 2.75) is 19.1 Å². The van der Waals surface area contributed by atoms with Gasteiger partial charge in [0.25, 0.3) is 0 Å². The first kappa shape index (κ1) is 16.7. The molecule has 6 nitrogen and oxygen atoms in total. The number of benzene rings is 1. The summed E-state index contributed by atoms with van der Waals surface area (Å²) in [4.78, 5) is 23.6. The standard InChI is InChI=1S/C14H13F3N2O4/c1-7-10(12(21)23-6-14(15,16)17)11(19-13(22)18-7)8-2-4-9(20)5-3-8/h2-5,11,20H,6H2,1H3,(H2,18,19,22)/t11-/m1/s1. The highest BCUT2D eigenvalue weighted by Crippen LogP contribution is 2.29. The Labute approximate surface area is 128 Å². The van der Waals surface area contributed by atoms with Gasteiger partial charge in [-0.15, -0.1) is 0 Å². The topological polar surface area (TPSA) is 87.7 Å². The molecule has 1 heterocycles. The SMILES string of the molecule is CC1=C(C(=O)OCC(F)(F)F)[C@@H](c2ccc(O)cc2)NC(=O)N1. The maximum absolute atomic E-state index is 12.2. The van der Waals surface area contributed by atoms with Gasteiger partial charge in [0.2, 0.25) is 0 Å². The lowest BCUT2D eigenvalue weighted by molar-refractivity contribution is -0.183. The van der Waals surface area contributed by atoms with Crippen LogP contribution in [0.25, 0.3) is 0 Å². The predicted octanol–water partition coefficient (Wildman–Crippen LogP) is 2.13. The number of phenols is 1. The van der Waals surface area contributed by atoms with Crippen LogP contribution >= 0.6 is 0 Å². The average molecular weight is 330 g/mol. The Morgan fingerprint density at radius 3 is 2.48 bits per heavy atom. The van der Waals surface area contributed by atoms with E-state index in [-0.39, 0.29) is 17.0 Å². The molecule has 1 atom stereocenters. The predicted molar refractivity (Wildman–Crippen MR) is 72.2 cm³/mol. The van der Waals surface area contributed by atoms with E-state index in [1.807, 2.05) is 0 Å². The number of ether oxygens (including phenoxy) is 1. The van der Waals surface area contributed by atoms with Crippen molar-refractivity contribution in [3.8, 4) is 5.75 Å². The molecule has 0 bridgehead atoms. The number of amides is 2. The number of esters is 1. The molecule has 2 amide bonds. The lowest BCUT2D eigenvalue weighted by atomic mass is 9.95. The van der Waals surface area contributed by atoms with Gasteiger partial charge in [0.1, 0.15) is 5.75 Å². The van der Waals surface area contributed by atoms with Gasteiger partial charge < -0.3 is 20.5 Å². The maximum atomic E-state index is 12.2. The number of urea groups is 1. The second-order valence-electron chi connectivity index (χ2n) is 4.85. The van der Waals surface area contributed by atoms with Crippen molar-refractivity contribution in [3.05, 3.63) is 41.1 Å². The minimum atomic E-state index is -4.65. The van der Waals surface area contributed by atoms with Gasteiger partial charge in [-0.3, -0.25) is 0 Å². The van der Waals surface area contributed by atoms with Gasteiger partial charge in [-0.2, -0.15) is 13.2 Å². The number of phenolic OH excluding ortho intramolecular Hbond substituents is 1. The van der Waals surface area contributed by atoms with Crippen LogP contribution in [0.1, 0.15) is 18.5 Å². The van der Waals surface area contributed by atoms with Crippen molar-refractivity contribution >= 4 is 12.0 Å². The Hall–Kier alpha value is -2.71. The van der Waals surface area contributed by atoms with Crippen LogP contribution in [0.3, 0.4) is 0 Å². The molecule has 1 aromatic carbocycles. The van der Waals surface area contributed by atoms with E-state index in [1.54, 1.807) is 0 Å². The van der Waals surface area contributed by atoms with Crippen LogP contribution in [0.5, 0.6) is 5.75 Å². The highest BCUT2D eigenvalue weighted by Gasteiger charge is 2.35. The number of hydrogen-bond donors (Lipinski definition) is 3. The Kier molecular flexibility index (Phi) is 4.48. The van der Waals surface area contributed by atoms with E-state index in [9.17, 15) is 27.9 Å². The number of halogens is 3. The molecule has 23 heavy (non-hydrogen) atoms. The first-order valence-corrected chi connectivity index (χ1v) is 6.48. The summed E-state index contributed by atoms with van der Waals surface area (Å²) in [5, 5.41) is 14.0. The molecule has 2 rings (SSSR count). The third-order valence-electron chi connectivity index (χ3n) is 3.08. The zero-order valence-corrected chi connectivity index (χ0v) is 11.9. The largest absolute Gasteiger partial charge is 0.508 e. The molecular weight excluding hydrogens is 317 g/mol. The van der Waals surface area contributed by atoms with E-state index in [1.165, 1.54) is 31.2 Å². The van der Waals surface area contributed by atoms with E-state index >= 15 is 0 Å². The number of alkyl halides is 3. The van der Waals surface area contributed by atoms with Gasteiger partial charge in [0.15, 0.2) is 6.61 Å². The lowest BCUT2D eigenvalue weighted by Crippen LogP contribution is -2.45. The second-order valence-corrected chi connectivity index (χ2v) is 4.85. The van der Waals surface area contributed by atoms with Crippen molar-refractivity contribution in [2.75, 3.05) is 6.61 Å². The minimum Gasteiger partial charge on any atom is -0.508 e. The highest BCUT2D eigenvalue weighted by molar-refractivity contribution is 5.95. The summed E-state index contributed by atoms with van der Waals surface area (Å²) in [7, 11) is 0. The summed E-state index contributed by atoms with van der Waals surface area (Å²) >= 11 is 0. The first-order chi connectivity index (χ1) is 10.7. The average Bonchev–Trinajstić information content (AvgIpc) is 2.44. The molecule has 0 fully saturated rings. The zero-order chi connectivity index (χ0) is 17.2. The number of nitrogens with one attached hydrogen (secondary N) is 2. The van der Waals surface area contributed by atoms with Crippen LogP contribution in [-0.4, -0.2) is 29.9 Å².